The van der Waals surface area contributed by atoms with Gasteiger partial charge in [-0.25, -0.2) is 0 Å². The van der Waals surface area contributed by atoms with Gasteiger partial charge in [0.15, 0.2) is 0 Å². The molecule has 0 aliphatic carbocycles. The van der Waals surface area contributed by atoms with Crippen LogP contribution < -0.4 is 5.73 Å². The summed E-state index contributed by atoms with van der Waals surface area (Å²) in [6, 6.07) is 0. The van der Waals surface area contributed by atoms with Gasteiger partial charge >= 0.3 is 5.97 Å². The molecule has 0 aliphatic rings. The van der Waals surface area contributed by atoms with E-state index in [0.717, 1.165) is 0 Å². The van der Waals surface area contributed by atoms with E-state index in [1.807, 2.05) is 0 Å². The van der Waals surface area contributed by atoms with Crippen LogP contribution in [-0.2, 0) is 9.36 Å². The molecule has 0 heterocycles. The standard InChI is InChI=1S/C4H10NO4P/c5-1-2-10(8,9)3-4(6)7/h1-3,5H2,(H,6,7)(H,8,9). The monoisotopic (exact) mass is 167 g/mol. The maximum absolute atomic E-state index is 10.7. The first-order chi connectivity index (χ1) is 4.48. The lowest BCUT2D eigenvalue weighted by Gasteiger charge is -2.05. The molecule has 0 aliphatic heterocycles. The molecule has 0 bridgehead atoms. The zero-order valence-corrected chi connectivity index (χ0v) is 6.25. The highest BCUT2D eigenvalue weighted by Crippen LogP contribution is 2.38. The third kappa shape index (κ3) is 4.49. The maximum Gasteiger partial charge on any atom is 0.313 e. The fraction of sp³-hybridized carbons (Fsp3) is 0.750. The van der Waals surface area contributed by atoms with Gasteiger partial charge in [-0.3, -0.25) is 9.36 Å². The summed E-state index contributed by atoms with van der Waals surface area (Å²) in [5.74, 6) is -1.26. The van der Waals surface area contributed by atoms with Gasteiger partial charge in [0.1, 0.15) is 6.16 Å². The second-order valence-electron chi connectivity index (χ2n) is 1.91. The number of carboxylic acids is 1. The predicted molar refractivity (Wildman–Crippen MR) is 36.2 cm³/mol. The molecule has 0 aromatic carbocycles. The highest BCUT2D eigenvalue weighted by molar-refractivity contribution is 7.58. The Bertz CT molecular complexity index is 169. The van der Waals surface area contributed by atoms with Gasteiger partial charge in [-0.1, -0.05) is 0 Å². The molecule has 5 nitrogen and oxygen atoms in total. The van der Waals surface area contributed by atoms with Gasteiger partial charge < -0.3 is 15.7 Å². The summed E-state index contributed by atoms with van der Waals surface area (Å²) in [5.41, 5.74) is 4.97. The average Bonchev–Trinajstić information content (AvgIpc) is 1.59. The molecule has 0 radical (unpaired) electrons. The van der Waals surface area contributed by atoms with Gasteiger partial charge in [-0.15, -0.1) is 0 Å². The highest BCUT2D eigenvalue weighted by Gasteiger charge is 2.20. The number of hydrogen-bond acceptors (Lipinski definition) is 3. The topological polar surface area (TPSA) is 101 Å². The SMILES string of the molecule is NCCP(=O)(O)CC(=O)O. The van der Waals surface area contributed by atoms with Crippen LogP contribution in [0.2, 0.25) is 0 Å². The van der Waals surface area contributed by atoms with E-state index in [-0.39, 0.29) is 12.7 Å². The van der Waals surface area contributed by atoms with Gasteiger partial charge in [0.25, 0.3) is 0 Å². The normalized spacial score (nSPS) is 16.2. The Kier molecular flexibility index (Phi) is 3.57. The smallest absolute Gasteiger partial charge is 0.313 e. The van der Waals surface area contributed by atoms with E-state index in [0.29, 0.717) is 0 Å². The highest BCUT2D eigenvalue weighted by atomic mass is 31.2. The number of aliphatic carboxylic acids is 1. The van der Waals surface area contributed by atoms with E-state index in [2.05, 4.69) is 0 Å². The van der Waals surface area contributed by atoms with E-state index in [1.165, 1.54) is 0 Å². The second kappa shape index (κ2) is 3.71. The minimum absolute atomic E-state index is 0.0427. The van der Waals surface area contributed by atoms with Gasteiger partial charge in [0.05, 0.1) is 0 Å². The van der Waals surface area contributed by atoms with Crippen molar-refractivity contribution in [2.75, 3.05) is 18.9 Å². The Labute approximate surface area is 58.3 Å². The molecular formula is C4H10NO4P. The van der Waals surface area contributed by atoms with Crippen molar-refractivity contribution in [2.45, 2.75) is 0 Å². The fourth-order valence-corrected chi connectivity index (χ4v) is 1.48. The molecule has 0 fully saturated rings. The molecule has 4 N–H and O–H groups in total. The van der Waals surface area contributed by atoms with E-state index < -0.39 is 19.5 Å². The minimum atomic E-state index is -3.47. The predicted octanol–water partition coefficient (Wildman–Crippen LogP) is -0.700. The molecule has 60 valence electrons. The van der Waals surface area contributed by atoms with E-state index in [4.69, 9.17) is 15.7 Å². The van der Waals surface area contributed by atoms with Gasteiger partial charge in [-0.05, 0) is 0 Å². The van der Waals surface area contributed by atoms with Crippen molar-refractivity contribution in [3.05, 3.63) is 0 Å². The fourth-order valence-electron chi connectivity index (χ4n) is 0.492. The van der Waals surface area contributed by atoms with Crippen molar-refractivity contribution in [1.29, 1.82) is 0 Å². The largest absolute Gasteiger partial charge is 0.481 e. The molecule has 0 spiro atoms. The van der Waals surface area contributed by atoms with Crippen LogP contribution in [0.3, 0.4) is 0 Å². The summed E-state index contributed by atoms with van der Waals surface area (Å²) in [6.07, 6.45) is -0.816. The van der Waals surface area contributed by atoms with Crippen LogP contribution in [0.1, 0.15) is 0 Å². The van der Waals surface area contributed by atoms with Crippen LogP contribution in [0.4, 0.5) is 0 Å². The van der Waals surface area contributed by atoms with Crippen LogP contribution in [0, 0.1) is 0 Å². The number of nitrogens with two attached hydrogens (primary N) is 1. The maximum atomic E-state index is 10.7. The number of hydrogen-bond donors (Lipinski definition) is 3. The Morgan fingerprint density at radius 1 is 1.60 bits per heavy atom. The summed E-state index contributed by atoms with van der Waals surface area (Å²) < 4.78 is 10.7. The van der Waals surface area contributed by atoms with Crippen LogP contribution in [0.15, 0.2) is 0 Å². The molecule has 0 amide bonds. The lowest BCUT2D eigenvalue weighted by atomic mass is 10.8. The van der Waals surface area contributed by atoms with Crippen molar-refractivity contribution in [3.8, 4) is 0 Å². The van der Waals surface area contributed by atoms with Crippen LogP contribution in [-0.4, -0.2) is 34.8 Å². The quantitative estimate of drug-likeness (QED) is 0.480. The molecule has 6 heteroatoms. The van der Waals surface area contributed by atoms with Crippen molar-refractivity contribution in [2.24, 2.45) is 5.73 Å². The molecule has 1 atom stereocenters. The van der Waals surface area contributed by atoms with Crippen LogP contribution >= 0.6 is 7.37 Å². The molecule has 0 aromatic heterocycles. The third-order valence-corrected chi connectivity index (χ3v) is 2.58. The second-order valence-corrected chi connectivity index (χ2v) is 4.37. The number of carbonyl (C=O) groups is 1. The van der Waals surface area contributed by atoms with Crippen molar-refractivity contribution in [3.63, 3.8) is 0 Å². The van der Waals surface area contributed by atoms with Crippen molar-refractivity contribution < 1.29 is 19.4 Å². The Hall–Kier alpha value is -0.380. The number of carboxylic acid groups (broad SMARTS) is 1. The number of rotatable bonds is 4. The van der Waals surface area contributed by atoms with Crippen LogP contribution in [0.5, 0.6) is 0 Å². The van der Waals surface area contributed by atoms with E-state index in [1.54, 1.807) is 0 Å². The summed E-state index contributed by atoms with van der Waals surface area (Å²) in [6.45, 7) is 0.0427. The van der Waals surface area contributed by atoms with Crippen molar-refractivity contribution in [1.82, 2.24) is 0 Å². The summed E-state index contributed by atoms with van der Waals surface area (Å²) in [5, 5.41) is 8.10. The van der Waals surface area contributed by atoms with Gasteiger partial charge in [0.2, 0.25) is 7.37 Å². The van der Waals surface area contributed by atoms with Crippen LogP contribution in [0.25, 0.3) is 0 Å². The molecule has 0 saturated carbocycles. The zero-order chi connectivity index (χ0) is 8.20. The molecule has 0 aromatic rings. The lowest BCUT2D eigenvalue weighted by Crippen LogP contribution is -2.11. The summed E-state index contributed by atoms with van der Waals surface area (Å²) in [7, 11) is -3.47. The molecule has 0 saturated heterocycles. The molecular weight excluding hydrogens is 157 g/mol. The Morgan fingerprint density at radius 2 is 2.10 bits per heavy atom. The minimum Gasteiger partial charge on any atom is -0.481 e. The van der Waals surface area contributed by atoms with Gasteiger partial charge in [0, 0.05) is 12.7 Å². The lowest BCUT2D eigenvalue weighted by molar-refractivity contribution is -0.134. The molecule has 1 unspecified atom stereocenters. The first-order valence-electron chi connectivity index (χ1n) is 2.70. The summed E-state index contributed by atoms with van der Waals surface area (Å²) in [4.78, 5) is 18.7. The summed E-state index contributed by atoms with van der Waals surface area (Å²) >= 11 is 0. The van der Waals surface area contributed by atoms with E-state index in [9.17, 15) is 9.36 Å². The first kappa shape index (κ1) is 9.62. The Balaban J connectivity index is 3.87. The zero-order valence-electron chi connectivity index (χ0n) is 5.36. The first-order valence-corrected chi connectivity index (χ1v) is 4.73. The molecule has 0 rings (SSSR count). The van der Waals surface area contributed by atoms with Gasteiger partial charge in [-0.2, -0.15) is 0 Å². The average molecular weight is 167 g/mol. The van der Waals surface area contributed by atoms with E-state index >= 15 is 0 Å². The third-order valence-electron chi connectivity index (χ3n) is 0.861. The molecule has 10 heavy (non-hydrogen) atoms. The Morgan fingerprint density at radius 3 is 2.40 bits per heavy atom. The van der Waals surface area contributed by atoms with Crippen molar-refractivity contribution >= 4 is 13.3 Å².